The molecule has 0 N–H and O–H groups in total. The van der Waals surface area contributed by atoms with Crippen molar-refractivity contribution in [2.45, 2.75) is 77.6 Å². The highest BCUT2D eigenvalue weighted by molar-refractivity contribution is 7.95. The van der Waals surface area contributed by atoms with Crippen LogP contribution in [0.25, 0.3) is 4.83 Å². The van der Waals surface area contributed by atoms with Gasteiger partial charge in [0, 0.05) is 49.7 Å². The molecule has 7 rings (SSSR count). The zero-order chi connectivity index (χ0) is 42.3. The molecule has 9 nitrogen and oxygen atoms in total. The summed E-state index contributed by atoms with van der Waals surface area (Å²) in [5, 5.41) is 3.34. The SMILES string of the molecule is COC(OC)(c1cccnc1)c1ncn2cc(C(=O)[C@H](C)[C@@H]3[C@@H]([C@H](C)O[Si](C)(C)C(C)(C)C)C(=O)N3C(C)=P(c3ccccc3)(c3ccccc3)c3ccccc3)sc12. The zero-order valence-electron chi connectivity index (χ0n) is 35.6. The lowest BCUT2D eigenvalue weighted by molar-refractivity contribution is -0.185. The van der Waals surface area contributed by atoms with Gasteiger partial charge in [0.25, 0.3) is 0 Å². The predicted molar refractivity (Wildman–Crippen MR) is 243 cm³/mol. The molecular weight excluding hydrogens is 792 g/mol. The summed E-state index contributed by atoms with van der Waals surface area (Å²) in [6.45, 7) is 14.5. The number of methoxy groups -OCH3 is 2. The molecular formula is C47H55N4O5PSSi. The fraction of sp³-hybridized carbons (Fsp3) is 0.340. The second kappa shape index (κ2) is 16.5. The maximum absolute atomic E-state index is 15.2. The number of thiazole rings is 1. The summed E-state index contributed by atoms with van der Waals surface area (Å²) in [5.74, 6) is -2.54. The van der Waals surface area contributed by atoms with E-state index < -0.39 is 45.0 Å². The highest BCUT2D eigenvalue weighted by atomic mass is 32.1. The molecule has 6 aromatic rings. The second-order valence-electron chi connectivity index (χ2n) is 16.9. The third kappa shape index (κ3) is 7.19. The first-order valence-corrected chi connectivity index (χ1v) is 25.6. The van der Waals surface area contributed by atoms with Crippen LogP contribution in [0.4, 0.5) is 0 Å². The molecule has 0 saturated carbocycles. The van der Waals surface area contributed by atoms with E-state index in [1.165, 1.54) is 11.3 Å². The molecule has 12 heteroatoms. The highest BCUT2D eigenvalue weighted by Gasteiger charge is 2.57. The maximum Gasteiger partial charge on any atom is 0.243 e. The van der Waals surface area contributed by atoms with Gasteiger partial charge < -0.3 is 18.8 Å². The van der Waals surface area contributed by atoms with Gasteiger partial charge >= 0.3 is 0 Å². The van der Waals surface area contributed by atoms with Crippen LogP contribution >= 0.6 is 18.2 Å². The van der Waals surface area contributed by atoms with Gasteiger partial charge in [-0.05, 0) is 60.8 Å². The Balaban J connectivity index is 1.40. The Hall–Kier alpha value is -4.48. The number of nitrogens with zero attached hydrogens (tertiary/aromatic N) is 4. The summed E-state index contributed by atoms with van der Waals surface area (Å²) in [6, 6.07) is 34.8. The molecule has 0 bridgehead atoms. The van der Waals surface area contributed by atoms with Crippen molar-refractivity contribution in [1.82, 2.24) is 19.3 Å². The minimum atomic E-state index is -2.65. The number of carbonyl (C=O) groups excluding carboxylic acids is 2. The van der Waals surface area contributed by atoms with E-state index >= 15 is 9.59 Å². The summed E-state index contributed by atoms with van der Waals surface area (Å²) >= 11 is 1.34. The van der Waals surface area contributed by atoms with Gasteiger partial charge in [0.1, 0.15) is 16.9 Å². The summed E-state index contributed by atoms with van der Waals surface area (Å²) in [4.78, 5) is 42.5. The fourth-order valence-corrected chi connectivity index (χ4v) is 15.5. The Morgan fingerprint density at radius 1 is 0.847 bits per heavy atom. The number of carbonyl (C=O) groups is 2. The van der Waals surface area contributed by atoms with Gasteiger partial charge in [-0.2, -0.15) is 0 Å². The van der Waals surface area contributed by atoms with E-state index in [-0.39, 0.29) is 16.7 Å². The van der Waals surface area contributed by atoms with Crippen molar-refractivity contribution in [2.24, 2.45) is 11.8 Å². The van der Waals surface area contributed by atoms with Gasteiger partial charge in [-0.1, -0.05) is 125 Å². The minimum Gasteiger partial charge on any atom is -0.413 e. The molecule has 0 unspecified atom stereocenters. The maximum atomic E-state index is 15.2. The van der Waals surface area contributed by atoms with Crippen molar-refractivity contribution in [3.8, 4) is 0 Å². The van der Waals surface area contributed by atoms with Crippen LogP contribution in [0.3, 0.4) is 0 Å². The van der Waals surface area contributed by atoms with E-state index in [9.17, 15) is 0 Å². The summed E-state index contributed by atoms with van der Waals surface area (Å²) in [5.41, 5.74) is 2.14. The van der Waals surface area contributed by atoms with Gasteiger partial charge in [0.15, 0.2) is 14.1 Å². The molecule has 3 aromatic heterocycles. The van der Waals surface area contributed by atoms with Crippen molar-refractivity contribution < 1.29 is 23.5 Å². The number of hydrogen-bond donors (Lipinski definition) is 0. The lowest BCUT2D eigenvalue weighted by Crippen LogP contribution is -2.70. The van der Waals surface area contributed by atoms with E-state index in [0.717, 1.165) is 21.3 Å². The first-order valence-electron chi connectivity index (χ1n) is 20.1. The molecule has 0 aliphatic carbocycles. The molecule has 1 aliphatic heterocycles. The largest absolute Gasteiger partial charge is 0.413 e. The van der Waals surface area contributed by atoms with Crippen LogP contribution in [0, 0.1) is 11.8 Å². The molecule has 0 spiro atoms. The summed E-state index contributed by atoms with van der Waals surface area (Å²) in [7, 11) is 0.833. The van der Waals surface area contributed by atoms with Crippen LogP contribution in [0.1, 0.15) is 62.5 Å². The third-order valence-corrected chi connectivity index (χ3v) is 22.7. The lowest BCUT2D eigenvalue weighted by Gasteiger charge is -2.55. The molecule has 4 atom stereocenters. The molecule has 3 aromatic carbocycles. The number of fused-ring (bicyclic) bond motifs is 1. The average molecular weight is 847 g/mol. The topological polar surface area (TPSA) is 95.3 Å². The number of benzene rings is 3. The zero-order valence-corrected chi connectivity index (χ0v) is 38.3. The van der Waals surface area contributed by atoms with E-state index in [0.29, 0.717) is 21.0 Å². The number of ether oxygens (including phenoxy) is 2. The number of aromatic nitrogens is 3. The number of β-lactam (4-membered cyclic amide) rings is 1. The number of hydrogen-bond acceptors (Lipinski definition) is 8. The van der Waals surface area contributed by atoms with Crippen molar-refractivity contribution in [3.05, 3.63) is 144 Å². The molecule has 1 fully saturated rings. The molecule has 1 saturated heterocycles. The number of rotatable bonds is 14. The number of amides is 1. The molecule has 1 aliphatic rings. The van der Waals surface area contributed by atoms with Gasteiger partial charge in [-0.15, -0.1) is 11.3 Å². The summed E-state index contributed by atoms with van der Waals surface area (Å²) < 4.78 is 20.9. The van der Waals surface area contributed by atoms with Crippen LogP contribution in [-0.4, -0.2) is 71.1 Å². The van der Waals surface area contributed by atoms with E-state index in [4.69, 9.17) is 18.9 Å². The minimum absolute atomic E-state index is 0.0160. The van der Waals surface area contributed by atoms with Crippen LogP contribution in [-0.2, 0) is 24.5 Å². The van der Waals surface area contributed by atoms with Crippen molar-refractivity contribution in [3.63, 3.8) is 0 Å². The van der Waals surface area contributed by atoms with E-state index in [1.54, 1.807) is 32.9 Å². The molecule has 1 amide bonds. The number of likely N-dealkylation sites (tertiary alicyclic amines) is 1. The Kier molecular flexibility index (Phi) is 11.9. The molecule has 59 heavy (non-hydrogen) atoms. The van der Waals surface area contributed by atoms with Gasteiger partial charge in [0.2, 0.25) is 11.7 Å². The van der Waals surface area contributed by atoms with E-state index in [2.05, 4.69) is 119 Å². The Labute approximate surface area is 353 Å². The van der Waals surface area contributed by atoms with Crippen molar-refractivity contribution >= 4 is 64.4 Å². The van der Waals surface area contributed by atoms with Gasteiger partial charge in [-0.25, -0.2) is 4.98 Å². The Morgan fingerprint density at radius 3 is 1.86 bits per heavy atom. The van der Waals surface area contributed by atoms with Crippen LogP contribution in [0.5, 0.6) is 0 Å². The molecule has 0 radical (unpaired) electrons. The Morgan fingerprint density at radius 2 is 1.39 bits per heavy atom. The number of ketones is 1. The van der Waals surface area contributed by atoms with Gasteiger partial charge in [0.05, 0.1) is 22.9 Å². The van der Waals surface area contributed by atoms with Crippen LogP contribution in [0.15, 0.2) is 128 Å². The fourth-order valence-electron chi connectivity index (χ4n) is 8.48. The third-order valence-electron chi connectivity index (χ3n) is 12.6. The molecule has 4 heterocycles. The summed E-state index contributed by atoms with van der Waals surface area (Å²) in [6.07, 6.45) is 6.48. The molecule has 308 valence electrons. The monoisotopic (exact) mass is 846 g/mol. The van der Waals surface area contributed by atoms with Gasteiger partial charge in [-0.3, -0.25) is 19.0 Å². The lowest BCUT2D eigenvalue weighted by atomic mass is 9.75. The second-order valence-corrected chi connectivity index (χ2v) is 26.2. The smallest absolute Gasteiger partial charge is 0.243 e. The van der Waals surface area contributed by atoms with Crippen molar-refractivity contribution in [1.29, 1.82) is 0 Å². The van der Waals surface area contributed by atoms with Crippen LogP contribution < -0.4 is 15.9 Å². The number of Topliss-reactive ketones (excluding diaryl/α,β-unsaturated/α-hetero) is 1. The normalized spacial score (nSPS) is 17.5. The van der Waals surface area contributed by atoms with E-state index in [1.807, 2.05) is 59.7 Å². The van der Waals surface area contributed by atoms with Crippen LogP contribution in [0.2, 0.25) is 18.1 Å². The Bertz CT molecular complexity index is 2380. The number of pyridine rings is 1. The standard InChI is InChI=1S/C47H55N4O5PSSi/c1-32(42(52)39-30-50-31-49-43(45(50)58-39)47(54-7,55-8)35-21-20-28-48-29-35)41-40(33(2)56-59(9,10)46(4,5)6)44(53)51(41)34(3)57(36-22-14-11-15-23-36,37-24-16-12-17-25-37)38-26-18-13-19-27-38/h11-33,40-41H,1-10H3/t32-,33+,40-,41-/m1/s1. The first-order chi connectivity index (χ1) is 28.1. The highest BCUT2D eigenvalue weighted by Crippen LogP contribution is 2.51. The van der Waals surface area contributed by atoms with Crippen molar-refractivity contribution in [2.75, 3.05) is 14.2 Å². The predicted octanol–water partition coefficient (Wildman–Crippen LogP) is 8.48. The first kappa shape index (κ1) is 42.6. The quantitative estimate of drug-likeness (QED) is 0.0357. The average Bonchev–Trinajstić information content (AvgIpc) is 3.84. The number of imidazole rings is 1.